The third-order valence-corrected chi connectivity index (χ3v) is 4.97. The molecule has 2 fully saturated rings. The number of ether oxygens (including phenoxy) is 2. The van der Waals surface area contributed by atoms with Gasteiger partial charge in [-0.1, -0.05) is 0 Å². The Morgan fingerprint density at radius 3 is 2.70 bits per heavy atom. The molecular formula is C20H24N4O3. The summed E-state index contributed by atoms with van der Waals surface area (Å²) in [4.78, 5) is 25.4. The van der Waals surface area contributed by atoms with E-state index in [-0.39, 0.29) is 12.0 Å². The zero-order chi connectivity index (χ0) is 18.5. The number of carbonyl (C=O) groups is 1. The lowest BCUT2D eigenvalue weighted by Crippen LogP contribution is -2.48. The molecule has 1 unspecified atom stereocenters. The van der Waals surface area contributed by atoms with Gasteiger partial charge in [0.25, 0.3) is 5.91 Å². The van der Waals surface area contributed by atoms with Crippen LogP contribution in [0.5, 0.6) is 5.88 Å². The molecular weight excluding hydrogens is 344 g/mol. The molecule has 0 spiro atoms. The van der Waals surface area contributed by atoms with Crippen LogP contribution in [0.2, 0.25) is 0 Å². The number of pyridine rings is 2. The Labute approximate surface area is 158 Å². The molecule has 4 rings (SSSR count). The van der Waals surface area contributed by atoms with Crippen molar-refractivity contribution in [3.05, 3.63) is 54.0 Å². The van der Waals surface area contributed by atoms with E-state index in [1.807, 2.05) is 29.4 Å². The quantitative estimate of drug-likeness (QED) is 0.799. The van der Waals surface area contributed by atoms with Crippen LogP contribution in [0.4, 0.5) is 0 Å². The van der Waals surface area contributed by atoms with Crippen LogP contribution >= 0.6 is 0 Å². The first-order valence-electron chi connectivity index (χ1n) is 9.39. The van der Waals surface area contributed by atoms with Gasteiger partial charge in [0.15, 0.2) is 0 Å². The van der Waals surface area contributed by atoms with E-state index in [0.717, 1.165) is 39.1 Å². The van der Waals surface area contributed by atoms with E-state index >= 15 is 0 Å². The van der Waals surface area contributed by atoms with E-state index in [2.05, 4.69) is 14.9 Å². The third kappa shape index (κ3) is 4.61. The Hall–Kier alpha value is -2.51. The van der Waals surface area contributed by atoms with Gasteiger partial charge in [-0.3, -0.25) is 14.7 Å². The Balaban J connectivity index is 1.32. The molecule has 27 heavy (non-hydrogen) atoms. The van der Waals surface area contributed by atoms with E-state index in [0.29, 0.717) is 24.7 Å². The van der Waals surface area contributed by atoms with E-state index in [4.69, 9.17) is 9.47 Å². The van der Waals surface area contributed by atoms with Gasteiger partial charge in [-0.25, -0.2) is 4.98 Å². The van der Waals surface area contributed by atoms with Crippen LogP contribution in [-0.2, 0) is 11.3 Å². The molecule has 2 aliphatic heterocycles. The lowest BCUT2D eigenvalue weighted by atomic mass is 10.2. The summed E-state index contributed by atoms with van der Waals surface area (Å²) >= 11 is 0. The van der Waals surface area contributed by atoms with Gasteiger partial charge in [-0.15, -0.1) is 0 Å². The Kier molecular flexibility index (Phi) is 5.60. The molecule has 2 aromatic heterocycles. The maximum Gasteiger partial charge on any atom is 0.254 e. The summed E-state index contributed by atoms with van der Waals surface area (Å²) in [5.74, 6) is 0.529. The molecule has 0 radical (unpaired) electrons. The first-order valence-corrected chi connectivity index (χ1v) is 9.39. The summed E-state index contributed by atoms with van der Waals surface area (Å²) in [6.45, 7) is 5.36. The van der Waals surface area contributed by atoms with Crippen molar-refractivity contribution in [1.82, 2.24) is 19.8 Å². The average molecular weight is 368 g/mol. The van der Waals surface area contributed by atoms with Gasteiger partial charge in [0.05, 0.1) is 13.2 Å². The summed E-state index contributed by atoms with van der Waals surface area (Å²) in [6, 6.07) is 7.56. The van der Waals surface area contributed by atoms with Gasteiger partial charge >= 0.3 is 0 Å². The predicted molar refractivity (Wildman–Crippen MR) is 99.5 cm³/mol. The molecule has 1 amide bonds. The number of amides is 1. The van der Waals surface area contributed by atoms with Gasteiger partial charge in [0, 0.05) is 69.4 Å². The summed E-state index contributed by atoms with van der Waals surface area (Å²) < 4.78 is 11.1. The summed E-state index contributed by atoms with van der Waals surface area (Å²) in [6.07, 6.45) is 6.16. The third-order valence-electron chi connectivity index (χ3n) is 4.97. The number of piperazine rings is 1. The molecule has 7 heteroatoms. The smallest absolute Gasteiger partial charge is 0.254 e. The second-order valence-corrected chi connectivity index (χ2v) is 6.91. The summed E-state index contributed by atoms with van der Waals surface area (Å²) in [7, 11) is 0. The van der Waals surface area contributed by atoms with Crippen molar-refractivity contribution in [3.63, 3.8) is 0 Å². The number of carbonyl (C=O) groups excluding carboxylic acids is 1. The van der Waals surface area contributed by atoms with Gasteiger partial charge in [0.2, 0.25) is 5.88 Å². The van der Waals surface area contributed by atoms with Crippen LogP contribution in [0.3, 0.4) is 0 Å². The average Bonchev–Trinajstić information content (AvgIpc) is 3.22. The van der Waals surface area contributed by atoms with Gasteiger partial charge in [-0.05, 0) is 23.8 Å². The van der Waals surface area contributed by atoms with Crippen molar-refractivity contribution in [2.75, 3.05) is 39.4 Å². The fourth-order valence-corrected chi connectivity index (χ4v) is 3.42. The fraction of sp³-hybridized carbons (Fsp3) is 0.450. The maximum atomic E-state index is 12.8. The molecule has 2 saturated heterocycles. The molecule has 0 aromatic carbocycles. The minimum Gasteiger partial charge on any atom is -0.472 e. The van der Waals surface area contributed by atoms with Crippen molar-refractivity contribution in [2.45, 2.75) is 19.1 Å². The molecule has 0 saturated carbocycles. The number of hydrogen-bond donors (Lipinski definition) is 0. The minimum atomic E-state index is 0.0274. The SMILES string of the molecule is O=C(c1ccnc(OC2CCOC2)c1)N1CCN(Cc2ccncc2)CC1. The topological polar surface area (TPSA) is 67.8 Å². The highest BCUT2D eigenvalue weighted by Gasteiger charge is 2.23. The molecule has 0 aliphatic carbocycles. The van der Waals surface area contributed by atoms with Crippen molar-refractivity contribution in [3.8, 4) is 5.88 Å². The standard InChI is InChI=1S/C20H24N4O3/c25-20(17-3-7-22-19(13-17)27-18-4-12-26-15-18)24-10-8-23(9-11-24)14-16-1-5-21-6-2-16/h1-3,5-7,13,18H,4,8-12,14-15H2. The lowest BCUT2D eigenvalue weighted by molar-refractivity contribution is 0.0627. The van der Waals surface area contributed by atoms with E-state index < -0.39 is 0 Å². The zero-order valence-electron chi connectivity index (χ0n) is 15.3. The zero-order valence-corrected chi connectivity index (χ0v) is 15.3. The second-order valence-electron chi connectivity index (χ2n) is 6.91. The van der Waals surface area contributed by atoms with Crippen molar-refractivity contribution in [1.29, 1.82) is 0 Å². The highest BCUT2D eigenvalue weighted by atomic mass is 16.5. The van der Waals surface area contributed by atoms with Crippen LogP contribution in [0.15, 0.2) is 42.9 Å². The Morgan fingerprint density at radius 2 is 1.96 bits per heavy atom. The molecule has 2 aliphatic rings. The van der Waals surface area contributed by atoms with Crippen molar-refractivity contribution in [2.24, 2.45) is 0 Å². The normalized spacial score (nSPS) is 20.6. The molecule has 4 heterocycles. The van der Waals surface area contributed by atoms with Crippen LogP contribution in [0, 0.1) is 0 Å². The van der Waals surface area contributed by atoms with Crippen LogP contribution in [-0.4, -0.2) is 71.2 Å². The molecule has 142 valence electrons. The highest BCUT2D eigenvalue weighted by molar-refractivity contribution is 5.94. The fourth-order valence-electron chi connectivity index (χ4n) is 3.42. The molecule has 0 bridgehead atoms. The van der Waals surface area contributed by atoms with Crippen LogP contribution in [0.25, 0.3) is 0 Å². The summed E-state index contributed by atoms with van der Waals surface area (Å²) in [5.41, 5.74) is 1.87. The number of aromatic nitrogens is 2. The van der Waals surface area contributed by atoms with E-state index in [1.165, 1.54) is 5.56 Å². The van der Waals surface area contributed by atoms with Crippen LogP contribution < -0.4 is 4.74 Å². The van der Waals surface area contributed by atoms with Gasteiger partial charge in [-0.2, -0.15) is 0 Å². The monoisotopic (exact) mass is 368 g/mol. The van der Waals surface area contributed by atoms with Crippen molar-refractivity contribution >= 4 is 5.91 Å². The minimum absolute atomic E-state index is 0.0274. The number of rotatable bonds is 5. The molecule has 0 N–H and O–H groups in total. The molecule has 7 nitrogen and oxygen atoms in total. The van der Waals surface area contributed by atoms with Gasteiger partial charge < -0.3 is 14.4 Å². The number of hydrogen-bond acceptors (Lipinski definition) is 6. The Bertz CT molecular complexity index is 757. The largest absolute Gasteiger partial charge is 0.472 e. The molecule has 2 aromatic rings. The van der Waals surface area contributed by atoms with Crippen molar-refractivity contribution < 1.29 is 14.3 Å². The lowest BCUT2D eigenvalue weighted by Gasteiger charge is -2.34. The molecule has 1 atom stereocenters. The van der Waals surface area contributed by atoms with E-state index in [9.17, 15) is 4.79 Å². The second kappa shape index (κ2) is 8.45. The van der Waals surface area contributed by atoms with Crippen LogP contribution in [0.1, 0.15) is 22.3 Å². The maximum absolute atomic E-state index is 12.8. The van der Waals surface area contributed by atoms with Gasteiger partial charge in [0.1, 0.15) is 6.10 Å². The number of nitrogens with zero attached hydrogens (tertiary/aromatic N) is 4. The Morgan fingerprint density at radius 1 is 1.15 bits per heavy atom. The summed E-state index contributed by atoms with van der Waals surface area (Å²) in [5, 5.41) is 0. The highest BCUT2D eigenvalue weighted by Crippen LogP contribution is 2.17. The predicted octanol–water partition coefficient (Wildman–Crippen LogP) is 1.60. The first kappa shape index (κ1) is 17.9. The van der Waals surface area contributed by atoms with E-state index in [1.54, 1.807) is 18.3 Å². The first-order chi connectivity index (χ1) is 13.3.